The number of hydrogen-bond acceptors (Lipinski definition) is 3. The van der Waals surface area contributed by atoms with Gasteiger partial charge in [0, 0.05) is 24.5 Å². The number of nitrogens with one attached hydrogen (secondary N) is 1. The van der Waals surface area contributed by atoms with E-state index in [0.717, 1.165) is 12.2 Å². The third kappa shape index (κ3) is 3.22. The van der Waals surface area contributed by atoms with Gasteiger partial charge in [0.2, 0.25) is 0 Å². The smallest absolute Gasteiger partial charge is 0.260 e. The van der Waals surface area contributed by atoms with Crippen LogP contribution in [0.4, 0.5) is 5.82 Å². The van der Waals surface area contributed by atoms with E-state index in [9.17, 15) is 4.79 Å². The first-order chi connectivity index (χ1) is 11.6. The molecular weight excluding hydrogens is 302 g/mol. The summed E-state index contributed by atoms with van der Waals surface area (Å²) in [5, 5.41) is 11.5. The van der Waals surface area contributed by atoms with Crippen LogP contribution in [0.5, 0.6) is 0 Å². The minimum absolute atomic E-state index is 0.187. The summed E-state index contributed by atoms with van der Waals surface area (Å²) in [6.07, 6.45) is 3.46. The number of hydrogen-bond donors (Lipinski definition) is 1. The summed E-state index contributed by atoms with van der Waals surface area (Å²) in [5.41, 5.74) is 3.86. The quantitative estimate of drug-likeness (QED) is 0.785. The van der Waals surface area contributed by atoms with Crippen LogP contribution in [0.3, 0.4) is 0 Å². The van der Waals surface area contributed by atoms with Gasteiger partial charge in [0.25, 0.3) is 5.91 Å². The number of rotatable bonds is 5. The number of aromatic nitrogens is 4. The molecule has 1 amide bonds. The molecule has 0 radical (unpaired) electrons. The van der Waals surface area contributed by atoms with Crippen molar-refractivity contribution in [3.05, 3.63) is 65.1 Å². The normalized spacial score (nSPS) is 10.8. The molecule has 0 bridgehead atoms. The fourth-order valence-corrected chi connectivity index (χ4v) is 2.65. The predicted octanol–water partition coefficient (Wildman–Crippen LogP) is 3.02. The summed E-state index contributed by atoms with van der Waals surface area (Å²) >= 11 is 0. The number of nitrogens with zero attached hydrogens (tertiary/aromatic N) is 4. The Morgan fingerprint density at radius 3 is 2.71 bits per heavy atom. The van der Waals surface area contributed by atoms with Gasteiger partial charge in [-0.3, -0.25) is 14.2 Å². The fourth-order valence-electron chi connectivity index (χ4n) is 2.65. The zero-order chi connectivity index (χ0) is 17.1. The highest BCUT2D eigenvalue weighted by molar-refractivity contribution is 6.04. The predicted molar refractivity (Wildman–Crippen MR) is 93.1 cm³/mol. The van der Waals surface area contributed by atoms with Crippen molar-refractivity contribution in [3.8, 4) is 0 Å². The maximum atomic E-state index is 12.4. The van der Waals surface area contributed by atoms with E-state index in [0.29, 0.717) is 17.9 Å². The van der Waals surface area contributed by atoms with Crippen molar-refractivity contribution in [1.82, 2.24) is 19.6 Å². The van der Waals surface area contributed by atoms with Crippen molar-refractivity contribution < 1.29 is 4.79 Å². The van der Waals surface area contributed by atoms with E-state index in [1.54, 1.807) is 16.9 Å². The number of carbonyl (C=O) groups is 1. The number of carbonyl (C=O) groups excluding carboxylic acids is 1. The second kappa shape index (κ2) is 6.70. The van der Waals surface area contributed by atoms with E-state index in [1.165, 1.54) is 11.1 Å². The van der Waals surface area contributed by atoms with Gasteiger partial charge < -0.3 is 5.32 Å². The van der Waals surface area contributed by atoms with Gasteiger partial charge in [-0.25, -0.2) is 0 Å². The van der Waals surface area contributed by atoms with Crippen molar-refractivity contribution in [2.45, 2.75) is 33.9 Å². The molecule has 0 atom stereocenters. The van der Waals surface area contributed by atoms with E-state index in [2.05, 4.69) is 34.6 Å². The lowest BCUT2D eigenvalue weighted by molar-refractivity contribution is 0.102. The molecule has 1 N–H and O–H groups in total. The molecule has 0 aliphatic heterocycles. The molecule has 124 valence electrons. The summed E-state index contributed by atoms with van der Waals surface area (Å²) in [6.45, 7) is 7.38. The van der Waals surface area contributed by atoms with Gasteiger partial charge in [0.1, 0.15) is 0 Å². The molecule has 3 aromatic rings. The van der Waals surface area contributed by atoms with E-state index in [4.69, 9.17) is 0 Å². The molecule has 0 spiro atoms. The number of aryl methyl sites for hydroxylation is 2. The van der Waals surface area contributed by atoms with Crippen LogP contribution in [0.2, 0.25) is 0 Å². The summed E-state index contributed by atoms with van der Waals surface area (Å²) in [7, 11) is 0. The Bertz CT molecular complexity index is 862. The maximum Gasteiger partial charge on any atom is 0.260 e. The zero-order valence-electron chi connectivity index (χ0n) is 14.2. The van der Waals surface area contributed by atoms with Gasteiger partial charge in [-0.15, -0.1) is 0 Å². The van der Waals surface area contributed by atoms with Gasteiger partial charge in [-0.05, 0) is 31.9 Å². The summed E-state index contributed by atoms with van der Waals surface area (Å²) in [5.74, 6) is 0.352. The number of anilines is 1. The Kier molecular flexibility index (Phi) is 4.46. The number of amides is 1. The van der Waals surface area contributed by atoms with Crippen LogP contribution in [-0.2, 0) is 13.1 Å². The second-order valence-electron chi connectivity index (χ2n) is 5.74. The minimum atomic E-state index is -0.187. The first-order valence-corrected chi connectivity index (χ1v) is 8.00. The second-order valence-corrected chi connectivity index (χ2v) is 5.74. The Hall–Kier alpha value is -2.89. The zero-order valence-corrected chi connectivity index (χ0v) is 14.2. The van der Waals surface area contributed by atoms with Crippen LogP contribution in [0.1, 0.15) is 34.1 Å². The standard InChI is InChI=1S/C18H21N5O/c1-4-23-14(3)16(11-19-23)18(24)20-17-9-10-22(21-17)12-15-8-6-5-7-13(15)2/h5-11H,4,12H2,1-3H3,(H,20,21,24). The average molecular weight is 323 g/mol. The SMILES string of the molecule is CCn1ncc(C(=O)Nc2ccn(Cc3ccccc3C)n2)c1C. The van der Waals surface area contributed by atoms with Gasteiger partial charge in [0.05, 0.1) is 18.3 Å². The van der Waals surface area contributed by atoms with E-state index in [-0.39, 0.29) is 5.91 Å². The minimum Gasteiger partial charge on any atom is -0.305 e. The first-order valence-electron chi connectivity index (χ1n) is 8.00. The Labute approximate surface area is 141 Å². The van der Waals surface area contributed by atoms with Gasteiger partial charge in [0.15, 0.2) is 5.82 Å². The van der Waals surface area contributed by atoms with E-state index in [1.807, 2.05) is 36.9 Å². The lowest BCUT2D eigenvalue weighted by Crippen LogP contribution is -2.14. The highest BCUT2D eigenvalue weighted by atomic mass is 16.1. The van der Waals surface area contributed by atoms with Crippen molar-refractivity contribution in [1.29, 1.82) is 0 Å². The number of benzene rings is 1. The third-order valence-corrected chi connectivity index (χ3v) is 4.12. The molecule has 1 aromatic carbocycles. The highest BCUT2D eigenvalue weighted by Gasteiger charge is 2.14. The molecule has 6 nitrogen and oxygen atoms in total. The summed E-state index contributed by atoms with van der Waals surface area (Å²) < 4.78 is 3.62. The lowest BCUT2D eigenvalue weighted by Gasteiger charge is -2.06. The van der Waals surface area contributed by atoms with Crippen LogP contribution in [0.15, 0.2) is 42.7 Å². The summed E-state index contributed by atoms with van der Waals surface area (Å²) in [6, 6.07) is 10.00. The topological polar surface area (TPSA) is 64.7 Å². The van der Waals surface area contributed by atoms with Gasteiger partial charge >= 0.3 is 0 Å². The highest BCUT2D eigenvalue weighted by Crippen LogP contribution is 2.13. The third-order valence-electron chi connectivity index (χ3n) is 4.12. The van der Waals surface area contributed by atoms with Crippen LogP contribution in [-0.4, -0.2) is 25.5 Å². The molecule has 0 unspecified atom stereocenters. The Balaban J connectivity index is 1.71. The Morgan fingerprint density at radius 2 is 2.00 bits per heavy atom. The molecule has 0 aliphatic carbocycles. The van der Waals surface area contributed by atoms with E-state index >= 15 is 0 Å². The van der Waals surface area contributed by atoms with Gasteiger partial charge in [-0.2, -0.15) is 10.2 Å². The van der Waals surface area contributed by atoms with Crippen molar-refractivity contribution >= 4 is 11.7 Å². The maximum absolute atomic E-state index is 12.4. The average Bonchev–Trinajstić information content (AvgIpc) is 3.16. The monoisotopic (exact) mass is 323 g/mol. The molecule has 0 saturated heterocycles. The molecule has 2 aromatic heterocycles. The summed E-state index contributed by atoms with van der Waals surface area (Å²) in [4.78, 5) is 12.4. The molecule has 0 saturated carbocycles. The van der Waals surface area contributed by atoms with E-state index < -0.39 is 0 Å². The fraction of sp³-hybridized carbons (Fsp3) is 0.278. The van der Waals surface area contributed by atoms with Gasteiger partial charge in [-0.1, -0.05) is 24.3 Å². The van der Waals surface area contributed by atoms with Crippen molar-refractivity contribution in [2.24, 2.45) is 0 Å². The molecule has 0 fully saturated rings. The largest absolute Gasteiger partial charge is 0.305 e. The molecule has 6 heteroatoms. The van der Waals surface area contributed by atoms with Crippen LogP contribution < -0.4 is 5.32 Å². The van der Waals surface area contributed by atoms with Crippen molar-refractivity contribution in [3.63, 3.8) is 0 Å². The molecular formula is C18H21N5O. The van der Waals surface area contributed by atoms with Crippen LogP contribution in [0.25, 0.3) is 0 Å². The molecule has 24 heavy (non-hydrogen) atoms. The molecule has 0 aliphatic rings. The molecule has 3 rings (SSSR count). The van der Waals surface area contributed by atoms with Crippen molar-refractivity contribution in [2.75, 3.05) is 5.32 Å². The van der Waals surface area contributed by atoms with Crippen LogP contribution >= 0.6 is 0 Å². The van der Waals surface area contributed by atoms with Crippen LogP contribution in [0, 0.1) is 13.8 Å². The molecule has 2 heterocycles. The lowest BCUT2D eigenvalue weighted by atomic mass is 10.1. The first kappa shape index (κ1) is 16.0. The Morgan fingerprint density at radius 1 is 1.21 bits per heavy atom.